The highest BCUT2D eigenvalue weighted by Crippen LogP contribution is 2.22. The SMILES string of the molecule is CCC(N)c1ccc(N(C)C2CCN(C)CC2)cn1. The zero-order chi connectivity index (χ0) is 13.8. The fourth-order valence-corrected chi connectivity index (χ4v) is 2.63. The van der Waals surface area contributed by atoms with Crippen molar-refractivity contribution in [3.63, 3.8) is 0 Å². The Balaban J connectivity index is 2.01. The topological polar surface area (TPSA) is 45.4 Å². The van der Waals surface area contributed by atoms with Crippen LogP contribution in [0.5, 0.6) is 0 Å². The first-order chi connectivity index (χ1) is 9.11. The van der Waals surface area contributed by atoms with Crippen LogP contribution in [0.4, 0.5) is 5.69 Å². The Labute approximate surface area is 116 Å². The van der Waals surface area contributed by atoms with Crippen molar-refractivity contribution in [3.8, 4) is 0 Å². The largest absolute Gasteiger partial charge is 0.370 e. The number of pyridine rings is 1. The summed E-state index contributed by atoms with van der Waals surface area (Å²) in [5.41, 5.74) is 8.18. The Morgan fingerprint density at radius 3 is 2.63 bits per heavy atom. The van der Waals surface area contributed by atoms with E-state index in [2.05, 4.69) is 47.9 Å². The zero-order valence-electron chi connectivity index (χ0n) is 12.3. The molecule has 4 heteroatoms. The number of piperidine rings is 1. The van der Waals surface area contributed by atoms with Crippen molar-refractivity contribution in [1.82, 2.24) is 9.88 Å². The van der Waals surface area contributed by atoms with Gasteiger partial charge in [-0.25, -0.2) is 0 Å². The van der Waals surface area contributed by atoms with Crippen molar-refractivity contribution in [2.75, 3.05) is 32.1 Å². The smallest absolute Gasteiger partial charge is 0.0572 e. The molecule has 0 bridgehead atoms. The summed E-state index contributed by atoms with van der Waals surface area (Å²) in [4.78, 5) is 9.26. The van der Waals surface area contributed by atoms with E-state index >= 15 is 0 Å². The molecule has 1 atom stereocenters. The van der Waals surface area contributed by atoms with Crippen molar-refractivity contribution in [3.05, 3.63) is 24.0 Å². The van der Waals surface area contributed by atoms with E-state index in [0.29, 0.717) is 6.04 Å². The summed E-state index contributed by atoms with van der Waals surface area (Å²) in [6, 6.07) is 4.90. The Morgan fingerprint density at radius 2 is 2.11 bits per heavy atom. The molecule has 0 amide bonds. The van der Waals surface area contributed by atoms with E-state index in [0.717, 1.165) is 12.1 Å². The number of rotatable bonds is 4. The number of aromatic nitrogens is 1. The van der Waals surface area contributed by atoms with Gasteiger partial charge >= 0.3 is 0 Å². The van der Waals surface area contributed by atoms with Crippen molar-refractivity contribution in [2.45, 2.75) is 38.3 Å². The van der Waals surface area contributed by atoms with Crippen LogP contribution in [0.1, 0.15) is 37.9 Å². The summed E-state index contributed by atoms with van der Waals surface area (Å²) in [6.45, 7) is 4.45. The molecule has 19 heavy (non-hydrogen) atoms. The molecular formula is C15H26N4. The Bertz CT molecular complexity index is 382. The number of anilines is 1. The van der Waals surface area contributed by atoms with Gasteiger partial charge in [0.05, 0.1) is 17.6 Å². The van der Waals surface area contributed by atoms with Crippen molar-refractivity contribution in [1.29, 1.82) is 0 Å². The first-order valence-corrected chi connectivity index (χ1v) is 7.24. The summed E-state index contributed by atoms with van der Waals surface area (Å²) >= 11 is 0. The molecule has 0 spiro atoms. The molecule has 1 aromatic heterocycles. The molecule has 1 aliphatic heterocycles. The van der Waals surface area contributed by atoms with E-state index in [1.54, 1.807) is 0 Å². The molecule has 1 saturated heterocycles. The van der Waals surface area contributed by atoms with Gasteiger partial charge in [-0.1, -0.05) is 6.92 Å². The third kappa shape index (κ3) is 3.45. The quantitative estimate of drug-likeness (QED) is 0.902. The van der Waals surface area contributed by atoms with E-state index in [1.165, 1.54) is 31.6 Å². The minimum absolute atomic E-state index is 0.0580. The highest BCUT2D eigenvalue weighted by molar-refractivity contribution is 5.45. The van der Waals surface area contributed by atoms with Gasteiger partial charge in [-0.05, 0) is 51.5 Å². The van der Waals surface area contributed by atoms with E-state index in [-0.39, 0.29) is 6.04 Å². The summed E-state index contributed by atoms with van der Waals surface area (Å²) in [7, 11) is 4.37. The van der Waals surface area contributed by atoms with Crippen LogP contribution in [0.25, 0.3) is 0 Å². The van der Waals surface area contributed by atoms with E-state index in [9.17, 15) is 0 Å². The molecule has 1 aromatic rings. The van der Waals surface area contributed by atoms with Crippen LogP contribution in [0.15, 0.2) is 18.3 Å². The average molecular weight is 262 g/mol. The molecule has 106 valence electrons. The maximum atomic E-state index is 6.00. The van der Waals surface area contributed by atoms with Gasteiger partial charge in [-0.3, -0.25) is 4.98 Å². The van der Waals surface area contributed by atoms with Gasteiger partial charge in [0.25, 0.3) is 0 Å². The van der Waals surface area contributed by atoms with Gasteiger partial charge in [0.2, 0.25) is 0 Å². The molecular weight excluding hydrogens is 236 g/mol. The van der Waals surface area contributed by atoms with Gasteiger partial charge in [-0.15, -0.1) is 0 Å². The number of hydrogen-bond acceptors (Lipinski definition) is 4. The Hall–Kier alpha value is -1.13. The lowest BCUT2D eigenvalue weighted by atomic mass is 10.0. The summed E-state index contributed by atoms with van der Waals surface area (Å²) < 4.78 is 0. The second-order valence-electron chi connectivity index (χ2n) is 5.60. The standard InChI is InChI=1S/C15H26N4/c1-4-14(16)15-6-5-13(11-17-15)19(3)12-7-9-18(2)10-8-12/h5-6,11-12,14H,4,7-10,16H2,1-3H3. The normalized spacial score (nSPS) is 19.4. The third-order valence-corrected chi connectivity index (χ3v) is 4.23. The molecule has 2 heterocycles. The van der Waals surface area contributed by atoms with Crippen molar-refractivity contribution < 1.29 is 0 Å². The van der Waals surface area contributed by atoms with Crippen LogP contribution in [-0.2, 0) is 0 Å². The molecule has 1 fully saturated rings. The van der Waals surface area contributed by atoms with Gasteiger partial charge in [0.15, 0.2) is 0 Å². The maximum absolute atomic E-state index is 6.00. The zero-order valence-corrected chi connectivity index (χ0v) is 12.3. The predicted molar refractivity (Wildman–Crippen MR) is 80.4 cm³/mol. The minimum Gasteiger partial charge on any atom is -0.370 e. The van der Waals surface area contributed by atoms with Crippen molar-refractivity contribution in [2.24, 2.45) is 5.73 Å². The minimum atomic E-state index is 0.0580. The molecule has 1 unspecified atom stereocenters. The first-order valence-electron chi connectivity index (χ1n) is 7.24. The third-order valence-electron chi connectivity index (χ3n) is 4.23. The Morgan fingerprint density at radius 1 is 1.42 bits per heavy atom. The monoisotopic (exact) mass is 262 g/mol. The molecule has 0 saturated carbocycles. The molecule has 2 N–H and O–H groups in total. The van der Waals surface area contributed by atoms with Crippen LogP contribution >= 0.6 is 0 Å². The number of likely N-dealkylation sites (tertiary alicyclic amines) is 1. The first kappa shape index (κ1) is 14.3. The summed E-state index contributed by atoms with van der Waals surface area (Å²) in [5, 5.41) is 0. The summed E-state index contributed by atoms with van der Waals surface area (Å²) in [6.07, 6.45) is 5.34. The van der Waals surface area contributed by atoms with E-state index in [4.69, 9.17) is 5.73 Å². The van der Waals surface area contributed by atoms with Crippen LogP contribution in [-0.4, -0.2) is 43.1 Å². The fourth-order valence-electron chi connectivity index (χ4n) is 2.63. The van der Waals surface area contributed by atoms with E-state index < -0.39 is 0 Å². The van der Waals surface area contributed by atoms with Gasteiger partial charge in [0.1, 0.15) is 0 Å². The van der Waals surface area contributed by atoms with Gasteiger partial charge in [-0.2, -0.15) is 0 Å². The molecule has 0 aliphatic carbocycles. The highest BCUT2D eigenvalue weighted by Gasteiger charge is 2.21. The second-order valence-corrected chi connectivity index (χ2v) is 5.60. The molecule has 0 aromatic carbocycles. The second kappa shape index (κ2) is 6.35. The van der Waals surface area contributed by atoms with Crippen LogP contribution in [0, 0.1) is 0 Å². The fraction of sp³-hybridized carbons (Fsp3) is 0.667. The number of hydrogen-bond donors (Lipinski definition) is 1. The average Bonchev–Trinajstić information content (AvgIpc) is 2.46. The molecule has 0 radical (unpaired) electrons. The van der Waals surface area contributed by atoms with Crippen LogP contribution in [0.3, 0.4) is 0 Å². The predicted octanol–water partition coefficient (Wildman–Crippen LogP) is 2.02. The lowest BCUT2D eigenvalue weighted by Crippen LogP contribution is -2.42. The Kier molecular flexibility index (Phi) is 4.77. The molecule has 1 aliphatic rings. The van der Waals surface area contributed by atoms with Crippen LogP contribution in [0.2, 0.25) is 0 Å². The van der Waals surface area contributed by atoms with Gasteiger partial charge in [0, 0.05) is 19.1 Å². The summed E-state index contributed by atoms with van der Waals surface area (Å²) in [5.74, 6) is 0. The number of nitrogens with two attached hydrogens (primary N) is 1. The molecule has 2 rings (SSSR count). The van der Waals surface area contributed by atoms with Gasteiger partial charge < -0.3 is 15.5 Å². The highest BCUT2D eigenvalue weighted by atomic mass is 15.2. The maximum Gasteiger partial charge on any atom is 0.0572 e. The van der Waals surface area contributed by atoms with Crippen LogP contribution < -0.4 is 10.6 Å². The molecule has 4 nitrogen and oxygen atoms in total. The number of nitrogens with zero attached hydrogens (tertiary/aromatic N) is 3. The van der Waals surface area contributed by atoms with E-state index in [1.807, 2.05) is 6.20 Å². The lowest BCUT2D eigenvalue weighted by Gasteiger charge is -2.36. The van der Waals surface area contributed by atoms with Crippen molar-refractivity contribution >= 4 is 5.69 Å². The lowest BCUT2D eigenvalue weighted by molar-refractivity contribution is 0.253.